The topological polar surface area (TPSA) is 30.5 Å². The van der Waals surface area contributed by atoms with Crippen LogP contribution in [0.2, 0.25) is 0 Å². The number of rotatable bonds is 8. The van der Waals surface area contributed by atoms with Gasteiger partial charge in [-0.05, 0) is 31.9 Å². The van der Waals surface area contributed by atoms with Crippen LogP contribution in [0.5, 0.6) is 11.5 Å². The first kappa shape index (κ1) is 17.7. The Hall–Kier alpha value is -2.07. The van der Waals surface area contributed by atoms with Gasteiger partial charge in [-0.1, -0.05) is 43.2 Å². The minimum Gasteiger partial charge on any atom is -0.490 e. The fraction of sp³-hybridized carbons (Fsp3) is 0.429. The molecule has 134 valence electrons. The van der Waals surface area contributed by atoms with Crippen molar-refractivity contribution in [2.45, 2.75) is 51.8 Å². The van der Waals surface area contributed by atoms with E-state index in [1.807, 2.05) is 31.2 Å². The van der Waals surface area contributed by atoms with Gasteiger partial charge in [0.1, 0.15) is 12.4 Å². The highest BCUT2D eigenvalue weighted by molar-refractivity contribution is 5.47. The van der Waals surface area contributed by atoms with Gasteiger partial charge in [-0.15, -0.1) is 0 Å². The van der Waals surface area contributed by atoms with Crippen LogP contribution in [0.3, 0.4) is 0 Å². The summed E-state index contributed by atoms with van der Waals surface area (Å²) in [6, 6.07) is 13.2. The van der Waals surface area contributed by atoms with Gasteiger partial charge < -0.3 is 14.8 Å². The Kier molecular flexibility index (Phi) is 6.29. The molecule has 2 aromatic rings. The highest BCUT2D eigenvalue weighted by atomic mass is 19.1. The predicted molar refractivity (Wildman–Crippen MR) is 97.4 cm³/mol. The first-order chi connectivity index (χ1) is 12.3. The van der Waals surface area contributed by atoms with Crippen molar-refractivity contribution in [3.8, 4) is 11.5 Å². The van der Waals surface area contributed by atoms with Crippen LogP contribution in [-0.4, -0.2) is 12.6 Å². The molecule has 0 radical (unpaired) electrons. The minimum atomic E-state index is -0.248. The van der Waals surface area contributed by atoms with Crippen LogP contribution in [0, 0.1) is 5.82 Å². The van der Waals surface area contributed by atoms with E-state index in [0.29, 0.717) is 29.7 Å². The van der Waals surface area contributed by atoms with Crippen LogP contribution < -0.4 is 14.8 Å². The van der Waals surface area contributed by atoms with Crippen molar-refractivity contribution >= 4 is 0 Å². The second-order valence-corrected chi connectivity index (χ2v) is 6.42. The molecule has 0 saturated heterocycles. The molecular weight excluding hydrogens is 317 g/mol. The van der Waals surface area contributed by atoms with Crippen molar-refractivity contribution in [2.75, 3.05) is 6.61 Å². The largest absolute Gasteiger partial charge is 0.490 e. The molecule has 0 aromatic heterocycles. The molecule has 0 aliphatic heterocycles. The molecule has 0 atom stereocenters. The Morgan fingerprint density at radius 3 is 2.52 bits per heavy atom. The number of benzene rings is 2. The van der Waals surface area contributed by atoms with E-state index < -0.39 is 0 Å². The molecule has 0 unspecified atom stereocenters. The lowest BCUT2D eigenvalue weighted by Crippen LogP contribution is -2.25. The summed E-state index contributed by atoms with van der Waals surface area (Å²) >= 11 is 0. The van der Waals surface area contributed by atoms with E-state index in [9.17, 15) is 4.39 Å². The van der Waals surface area contributed by atoms with Gasteiger partial charge in [0.05, 0.1) is 6.61 Å². The standard InChI is InChI=1S/C21H26FNO2/c1-2-24-20-13-7-9-16(14-23-18-10-4-5-11-18)21(20)25-15-17-8-3-6-12-19(17)22/h3,6-9,12-13,18,23H,2,4-5,10-11,14-15H2,1H3. The van der Waals surface area contributed by atoms with Gasteiger partial charge in [-0.2, -0.15) is 0 Å². The van der Waals surface area contributed by atoms with Gasteiger partial charge in [0.25, 0.3) is 0 Å². The molecule has 1 aliphatic carbocycles. The number of nitrogens with one attached hydrogen (secondary N) is 1. The van der Waals surface area contributed by atoms with Gasteiger partial charge in [-0.25, -0.2) is 4.39 Å². The number of para-hydroxylation sites is 1. The van der Waals surface area contributed by atoms with Crippen molar-refractivity contribution in [3.63, 3.8) is 0 Å². The Balaban J connectivity index is 1.74. The van der Waals surface area contributed by atoms with Crippen LogP contribution in [0.25, 0.3) is 0 Å². The molecule has 1 aliphatic rings. The molecule has 0 bridgehead atoms. The normalized spacial score (nSPS) is 14.6. The van der Waals surface area contributed by atoms with Crippen molar-refractivity contribution < 1.29 is 13.9 Å². The zero-order chi connectivity index (χ0) is 17.5. The number of hydrogen-bond acceptors (Lipinski definition) is 3. The lowest BCUT2D eigenvalue weighted by molar-refractivity contribution is 0.262. The Morgan fingerprint density at radius 2 is 1.76 bits per heavy atom. The fourth-order valence-corrected chi connectivity index (χ4v) is 3.28. The molecule has 1 saturated carbocycles. The number of ether oxygens (including phenoxy) is 2. The van der Waals surface area contributed by atoms with E-state index in [1.165, 1.54) is 31.7 Å². The highest BCUT2D eigenvalue weighted by Gasteiger charge is 2.17. The molecule has 25 heavy (non-hydrogen) atoms. The summed E-state index contributed by atoms with van der Waals surface area (Å²) in [7, 11) is 0. The second kappa shape index (κ2) is 8.86. The summed E-state index contributed by atoms with van der Waals surface area (Å²) < 4.78 is 25.6. The monoisotopic (exact) mass is 343 g/mol. The molecule has 3 nitrogen and oxygen atoms in total. The van der Waals surface area contributed by atoms with Gasteiger partial charge >= 0.3 is 0 Å². The third-order valence-electron chi connectivity index (χ3n) is 4.63. The summed E-state index contributed by atoms with van der Waals surface area (Å²) in [5.41, 5.74) is 1.60. The highest BCUT2D eigenvalue weighted by Crippen LogP contribution is 2.33. The first-order valence-corrected chi connectivity index (χ1v) is 9.12. The summed E-state index contributed by atoms with van der Waals surface area (Å²) in [5, 5.41) is 3.61. The van der Waals surface area contributed by atoms with Gasteiger partial charge in [-0.3, -0.25) is 0 Å². The van der Waals surface area contributed by atoms with Crippen molar-refractivity contribution in [3.05, 3.63) is 59.4 Å². The van der Waals surface area contributed by atoms with Crippen LogP contribution in [-0.2, 0) is 13.2 Å². The molecule has 0 spiro atoms. The maximum absolute atomic E-state index is 13.9. The summed E-state index contributed by atoms with van der Waals surface area (Å²) in [6.45, 7) is 3.44. The third kappa shape index (κ3) is 4.73. The van der Waals surface area contributed by atoms with E-state index in [-0.39, 0.29) is 12.4 Å². The van der Waals surface area contributed by atoms with Gasteiger partial charge in [0.15, 0.2) is 11.5 Å². The molecule has 0 amide bonds. The summed E-state index contributed by atoms with van der Waals surface area (Å²) in [6.07, 6.45) is 5.06. The van der Waals surface area contributed by atoms with E-state index >= 15 is 0 Å². The minimum absolute atomic E-state index is 0.188. The van der Waals surface area contributed by atoms with E-state index in [4.69, 9.17) is 9.47 Å². The van der Waals surface area contributed by atoms with Crippen LogP contribution in [0.1, 0.15) is 43.7 Å². The zero-order valence-corrected chi connectivity index (χ0v) is 14.8. The maximum atomic E-state index is 13.9. The summed E-state index contributed by atoms with van der Waals surface area (Å²) in [4.78, 5) is 0. The number of halogens is 1. The molecule has 2 aromatic carbocycles. The van der Waals surface area contributed by atoms with Crippen molar-refractivity contribution in [1.29, 1.82) is 0 Å². The van der Waals surface area contributed by atoms with E-state index in [0.717, 1.165) is 12.1 Å². The molecule has 3 rings (SSSR count). The lowest BCUT2D eigenvalue weighted by Gasteiger charge is -2.18. The zero-order valence-electron chi connectivity index (χ0n) is 14.8. The summed E-state index contributed by atoms with van der Waals surface area (Å²) in [5.74, 6) is 1.17. The molecule has 0 heterocycles. The van der Waals surface area contributed by atoms with E-state index in [2.05, 4.69) is 5.32 Å². The fourth-order valence-electron chi connectivity index (χ4n) is 3.28. The smallest absolute Gasteiger partial charge is 0.166 e. The molecule has 1 fully saturated rings. The molecule has 1 N–H and O–H groups in total. The predicted octanol–water partition coefficient (Wildman–Crippen LogP) is 4.84. The Bertz CT molecular complexity index is 683. The van der Waals surface area contributed by atoms with Crippen LogP contribution in [0.15, 0.2) is 42.5 Å². The van der Waals surface area contributed by atoms with E-state index in [1.54, 1.807) is 12.1 Å². The van der Waals surface area contributed by atoms with Crippen molar-refractivity contribution in [1.82, 2.24) is 5.32 Å². The SMILES string of the molecule is CCOc1cccc(CNC2CCCC2)c1OCc1ccccc1F. The van der Waals surface area contributed by atoms with Crippen molar-refractivity contribution in [2.24, 2.45) is 0 Å². The molecule has 4 heteroatoms. The first-order valence-electron chi connectivity index (χ1n) is 9.12. The molecular formula is C21H26FNO2. The Morgan fingerprint density at radius 1 is 1.00 bits per heavy atom. The maximum Gasteiger partial charge on any atom is 0.166 e. The van der Waals surface area contributed by atoms with Gasteiger partial charge in [0.2, 0.25) is 0 Å². The van der Waals surface area contributed by atoms with Crippen LogP contribution >= 0.6 is 0 Å². The average molecular weight is 343 g/mol. The number of hydrogen-bond donors (Lipinski definition) is 1. The lowest BCUT2D eigenvalue weighted by atomic mass is 10.1. The second-order valence-electron chi connectivity index (χ2n) is 6.42. The van der Waals surface area contributed by atoms with Crippen LogP contribution in [0.4, 0.5) is 4.39 Å². The quantitative estimate of drug-likeness (QED) is 0.744. The Labute approximate surface area is 149 Å². The van der Waals surface area contributed by atoms with Gasteiger partial charge in [0, 0.05) is 23.7 Å². The average Bonchev–Trinajstić information content (AvgIpc) is 3.14. The third-order valence-corrected chi connectivity index (χ3v) is 4.63.